The molecule has 4 rings (SSSR count). The van der Waals surface area contributed by atoms with Crippen molar-refractivity contribution in [3.8, 4) is 0 Å². The Hall–Kier alpha value is 0.137. The van der Waals surface area contributed by atoms with Crippen LogP contribution < -0.4 is 0 Å². The van der Waals surface area contributed by atoms with Crippen molar-refractivity contribution in [2.75, 3.05) is 0 Å². The van der Waals surface area contributed by atoms with Crippen LogP contribution in [-0.2, 0) is 8.85 Å². The highest BCUT2D eigenvalue weighted by atomic mass is 28.3. The number of hydrogen-bond donors (Lipinski definition) is 0. The van der Waals surface area contributed by atoms with Gasteiger partial charge in [-0.3, -0.25) is 0 Å². The van der Waals surface area contributed by atoms with Crippen molar-refractivity contribution in [1.29, 1.82) is 0 Å². The lowest BCUT2D eigenvalue weighted by molar-refractivity contribution is -0.0231. The first-order valence-corrected chi connectivity index (χ1v) is 12.0. The smallest absolute Gasteiger partial charge is 0.381 e. The van der Waals surface area contributed by atoms with Crippen LogP contribution in [0, 0.1) is 33.5 Å². The molecule has 1 radical (unpaired) electrons. The van der Waals surface area contributed by atoms with Gasteiger partial charge in [-0.2, -0.15) is 0 Å². The first kappa shape index (κ1) is 17.5. The van der Waals surface area contributed by atoms with E-state index in [1.165, 1.54) is 38.5 Å². The van der Waals surface area contributed by atoms with Crippen molar-refractivity contribution < 1.29 is 8.85 Å². The predicted octanol–water partition coefficient (Wildman–Crippen LogP) is 5.57. The van der Waals surface area contributed by atoms with Gasteiger partial charge in [-0.1, -0.05) is 41.5 Å². The minimum Gasteiger partial charge on any atom is -0.390 e. The van der Waals surface area contributed by atoms with Gasteiger partial charge in [0.05, 0.1) is 12.2 Å². The van der Waals surface area contributed by atoms with Gasteiger partial charge in [-0.15, -0.1) is 0 Å². The fourth-order valence-electron chi connectivity index (χ4n) is 7.05. The van der Waals surface area contributed by atoms with Crippen LogP contribution in [-0.4, -0.2) is 21.5 Å². The van der Waals surface area contributed by atoms with Crippen LogP contribution in [0.15, 0.2) is 0 Å². The van der Waals surface area contributed by atoms with Crippen molar-refractivity contribution in [1.82, 2.24) is 0 Å². The molecule has 6 atom stereocenters. The van der Waals surface area contributed by atoms with E-state index >= 15 is 0 Å². The highest BCUT2D eigenvalue weighted by molar-refractivity contribution is 6.42. The Bertz CT molecular complexity index is 484. The van der Waals surface area contributed by atoms with Gasteiger partial charge in [0.15, 0.2) is 0 Å². The van der Waals surface area contributed by atoms with Gasteiger partial charge in [0.25, 0.3) is 0 Å². The Morgan fingerprint density at radius 1 is 0.708 bits per heavy atom. The molecule has 4 fully saturated rings. The third kappa shape index (κ3) is 2.01. The molecule has 4 aliphatic carbocycles. The second-order valence-corrected chi connectivity index (χ2v) is 12.4. The minimum atomic E-state index is -1.17. The SMILES string of the molecule is C[Si](OC1CC2CCC1(C)C2(C)C)OC1CC2CCC1(C)C2(C)C. The number of hydrogen-bond acceptors (Lipinski definition) is 2. The predicted molar refractivity (Wildman–Crippen MR) is 99.8 cm³/mol. The molecule has 137 valence electrons. The van der Waals surface area contributed by atoms with E-state index in [1.54, 1.807) is 0 Å². The lowest BCUT2D eigenvalue weighted by Crippen LogP contribution is -2.44. The van der Waals surface area contributed by atoms with Crippen LogP contribution in [0.1, 0.15) is 80.1 Å². The summed E-state index contributed by atoms with van der Waals surface area (Å²) in [5, 5.41) is 0. The summed E-state index contributed by atoms with van der Waals surface area (Å²) in [5.74, 6) is 1.70. The molecule has 0 saturated heterocycles. The molecule has 2 nitrogen and oxygen atoms in total. The summed E-state index contributed by atoms with van der Waals surface area (Å²) >= 11 is 0. The molecule has 24 heavy (non-hydrogen) atoms. The summed E-state index contributed by atoms with van der Waals surface area (Å²) in [7, 11) is -1.17. The standard InChI is InChI=1S/C21H37O2Si/c1-18(2)14-8-10-20(18,5)16(12-14)22-24(7)23-17-13-15-9-11-21(17,6)19(15,3)4/h14-17H,8-13H2,1-7H3. The lowest BCUT2D eigenvalue weighted by atomic mass is 9.70. The molecule has 0 aliphatic heterocycles. The zero-order chi connectivity index (χ0) is 17.5. The van der Waals surface area contributed by atoms with E-state index in [2.05, 4.69) is 48.1 Å². The number of rotatable bonds is 4. The van der Waals surface area contributed by atoms with Crippen LogP contribution >= 0.6 is 0 Å². The Morgan fingerprint density at radius 3 is 1.33 bits per heavy atom. The van der Waals surface area contributed by atoms with Crippen molar-refractivity contribution in [2.24, 2.45) is 33.5 Å². The van der Waals surface area contributed by atoms with Crippen LogP contribution in [0.3, 0.4) is 0 Å². The summed E-state index contributed by atoms with van der Waals surface area (Å²) in [4.78, 5) is 0. The average molecular weight is 350 g/mol. The summed E-state index contributed by atoms with van der Waals surface area (Å²) in [6, 6.07) is 0. The van der Waals surface area contributed by atoms with E-state index < -0.39 is 9.28 Å². The van der Waals surface area contributed by atoms with Gasteiger partial charge in [0, 0.05) is 0 Å². The zero-order valence-electron chi connectivity index (χ0n) is 16.9. The van der Waals surface area contributed by atoms with E-state index in [-0.39, 0.29) is 0 Å². The van der Waals surface area contributed by atoms with E-state index in [9.17, 15) is 0 Å². The summed E-state index contributed by atoms with van der Waals surface area (Å²) in [6.45, 7) is 17.1. The fraction of sp³-hybridized carbons (Fsp3) is 1.00. The molecule has 0 amide bonds. The Morgan fingerprint density at radius 2 is 1.08 bits per heavy atom. The van der Waals surface area contributed by atoms with Gasteiger partial charge in [-0.05, 0) is 78.6 Å². The minimum absolute atomic E-state index is 0.352. The number of fused-ring (bicyclic) bond motifs is 4. The van der Waals surface area contributed by atoms with E-state index in [0.29, 0.717) is 33.9 Å². The van der Waals surface area contributed by atoms with Gasteiger partial charge in [0.2, 0.25) is 0 Å². The molecule has 0 aromatic heterocycles. The van der Waals surface area contributed by atoms with Crippen LogP contribution in [0.5, 0.6) is 0 Å². The highest BCUT2D eigenvalue weighted by Gasteiger charge is 2.64. The topological polar surface area (TPSA) is 18.5 Å². The van der Waals surface area contributed by atoms with Gasteiger partial charge >= 0.3 is 9.28 Å². The van der Waals surface area contributed by atoms with Crippen molar-refractivity contribution >= 4 is 9.28 Å². The summed E-state index contributed by atoms with van der Waals surface area (Å²) in [6.07, 6.45) is 8.81. The molecule has 4 bridgehead atoms. The molecular formula is C21H37O2Si. The van der Waals surface area contributed by atoms with Crippen molar-refractivity contribution in [2.45, 2.75) is 98.8 Å². The van der Waals surface area contributed by atoms with Crippen molar-refractivity contribution in [3.63, 3.8) is 0 Å². The zero-order valence-corrected chi connectivity index (χ0v) is 17.9. The normalized spacial score (nSPS) is 51.0. The monoisotopic (exact) mass is 349 g/mol. The molecule has 4 saturated carbocycles. The molecule has 0 aromatic rings. The van der Waals surface area contributed by atoms with Gasteiger partial charge in [0.1, 0.15) is 0 Å². The maximum absolute atomic E-state index is 6.65. The Labute approximate surface area is 150 Å². The molecule has 0 N–H and O–H groups in total. The van der Waals surface area contributed by atoms with E-state index in [4.69, 9.17) is 8.85 Å². The second kappa shape index (κ2) is 5.10. The molecular weight excluding hydrogens is 312 g/mol. The van der Waals surface area contributed by atoms with E-state index in [1.807, 2.05) is 0 Å². The third-order valence-electron chi connectivity index (χ3n) is 10.0. The first-order valence-electron chi connectivity index (χ1n) is 10.2. The summed E-state index contributed by atoms with van der Waals surface area (Å²) < 4.78 is 13.3. The maximum Gasteiger partial charge on any atom is 0.381 e. The van der Waals surface area contributed by atoms with Crippen LogP contribution in [0.25, 0.3) is 0 Å². The summed E-state index contributed by atoms with van der Waals surface area (Å²) in [5.41, 5.74) is 1.57. The molecule has 0 heterocycles. The lowest BCUT2D eigenvalue weighted by Gasteiger charge is -2.42. The molecule has 0 aromatic carbocycles. The highest BCUT2D eigenvalue weighted by Crippen LogP contribution is 2.67. The van der Waals surface area contributed by atoms with Gasteiger partial charge in [-0.25, -0.2) is 0 Å². The molecule has 4 aliphatic rings. The first-order chi connectivity index (χ1) is 11.0. The average Bonchev–Trinajstić information content (AvgIpc) is 2.99. The largest absolute Gasteiger partial charge is 0.390 e. The second-order valence-electron chi connectivity index (χ2n) is 10.9. The molecule has 3 heteroatoms. The molecule has 6 unspecified atom stereocenters. The van der Waals surface area contributed by atoms with Gasteiger partial charge < -0.3 is 8.85 Å². The Balaban J connectivity index is 1.42. The fourth-order valence-corrected chi connectivity index (χ4v) is 8.61. The Kier molecular flexibility index (Phi) is 3.73. The quantitative estimate of drug-likeness (QED) is 0.618. The van der Waals surface area contributed by atoms with Crippen LogP contribution in [0.4, 0.5) is 0 Å². The van der Waals surface area contributed by atoms with Crippen molar-refractivity contribution in [3.05, 3.63) is 0 Å². The maximum atomic E-state index is 6.65. The third-order valence-corrected chi connectivity index (χ3v) is 11.3. The molecule has 0 spiro atoms. The van der Waals surface area contributed by atoms with E-state index in [0.717, 1.165) is 11.8 Å². The van der Waals surface area contributed by atoms with Crippen LogP contribution in [0.2, 0.25) is 6.55 Å².